The van der Waals surface area contributed by atoms with Crippen molar-refractivity contribution in [2.45, 2.75) is 39.0 Å². The van der Waals surface area contributed by atoms with E-state index in [1.165, 1.54) is 0 Å². The minimum absolute atomic E-state index is 0.156. The van der Waals surface area contributed by atoms with Crippen molar-refractivity contribution in [1.82, 2.24) is 10.6 Å². The monoisotopic (exact) mass is 326 g/mol. The Morgan fingerprint density at radius 1 is 1.43 bits per heavy atom. The van der Waals surface area contributed by atoms with Gasteiger partial charge in [0.15, 0.2) is 6.23 Å². The van der Waals surface area contributed by atoms with Crippen LogP contribution in [0, 0.1) is 0 Å². The number of aliphatic hydroxyl groups is 2. The van der Waals surface area contributed by atoms with Crippen LogP contribution in [-0.2, 0) is 19.1 Å². The van der Waals surface area contributed by atoms with E-state index < -0.39 is 23.7 Å². The highest BCUT2D eigenvalue weighted by Gasteiger charge is 2.33. The topological polar surface area (TPSA) is 117 Å². The molecule has 0 bridgehead atoms. The van der Waals surface area contributed by atoms with Gasteiger partial charge in [-0.1, -0.05) is 0 Å². The number of hydrogen-bond acceptors (Lipinski definition) is 7. The molecule has 8 nitrogen and oxygen atoms in total. The predicted octanol–water partition coefficient (Wildman–Crippen LogP) is -0.148. The molecule has 4 N–H and O–H groups in total. The van der Waals surface area contributed by atoms with Crippen LogP contribution in [0.15, 0.2) is 22.6 Å². The number of rotatable bonds is 3. The Morgan fingerprint density at radius 2 is 2.13 bits per heavy atom. The Labute approximate surface area is 134 Å². The molecule has 0 spiro atoms. The van der Waals surface area contributed by atoms with E-state index in [9.17, 15) is 19.8 Å². The van der Waals surface area contributed by atoms with Crippen molar-refractivity contribution in [1.29, 1.82) is 0 Å². The SMILES string of the molecule is CC(C)(C)OC(=O)CNC(=O)C1=C(O)C2=C(CCOC2)NC1O. The van der Waals surface area contributed by atoms with E-state index in [1.54, 1.807) is 20.8 Å². The molecule has 2 rings (SSSR count). The summed E-state index contributed by atoms with van der Waals surface area (Å²) in [4.78, 5) is 23.8. The van der Waals surface area contributed by atoms with Gasteiger partial charge in [0.25, 0.3) is 5.91 Å². The number of aliphatic hydroxyl groups excluding tert-OH is 2. The number of amides is 1. The Kier molecular flexibility index (Phi) is 4.96. The quantitative estimate of drug-likeness (QED) is 0.533. The van der Waals surface area contributed by atoms with Gasteiger partial charge in [-0.2, -0.15) is 0 Å². The fourth-order valence-corrected chi connectivity index (χ4v) is 2.34. The first-order valence-corrected chi connectivity index (χ1v) is 7.37. The Morgan fingerprint density at radius 3 is 2.78 bits per heavy atom. The molecule has 8 heteroatoms. The van der Waals surface area contributed by atoms with E-state index in [0.29, 0.717) is 24.3 Å². The Bertz CT molecular complexity index is 573. The molecular formula is C15H22N2O6. The zero-order valence-corrected chi connectivity index (χ0v) is 13.4. The molecule has 2 aliphatic rings. The van der Waals surface area contributed by atoms with E-state index in [-0.39, 0.29) is 24.5 Å². The van der Waals surface area contributed by atoms with Crippen LogP contribution in [-0.4, -0.2) is 53.7 Å². The lowest BCUT2D eigenvalue weighted by atomic mass is 9.98. The average molecular weight is 326 g/mol. The van der Waals surface area contributed by atoms with E-state index in [2.05, 4.69) is 10.6 Å². The second kappa shape index (κ2) is 6.59. The summed E-state index contributed by atoms with van der Waals surface area (Å²) in [5, 5.41) is 25.3. The van der Waals surface area contributed by atoms with Crippen LogP contribution in [0.1, 0.15) is 27.2 Å². The van der Waals surface area contributed by atoms with Crippen molar-refractivity contribution in [3.05, 3.63) is 22.6 Å². The second-order valence-corrected chi connectivity index (χ2v) is 6.34. The van der Waals surface area contributed by atoms with E-state index >= 15 is 0 Å². The van der Waals surface area contributed by atoms with Crippen molar-refractivity contribution in [2.24, 2.45) is 0 Å². The normalized spacial score (nSPS) is 21.5. The zero-order chi connectivity index (χ0) is 17.2. The van der Waals surface area contributed by atoms with Crippen molar-refractivity contribution < 1.29 is 29.3 Å². The van der Waals surface area contributed by atoms with Gasteiger partial charge < -0.3 is 30.3 Å². The first-order valence-electron chi connectivity index (χ1n) is 7.37. The minimum Gasteiger partial charge on any atom is -0.507 e. The smallest absolute Gasteiger partial charge is 0.325 e. The van der Waals surface area contributed by atoms with Crippen LogP contribution in [0.25, 0.3) is 0 Å². The molecule has 2 heterocycles. The van der Waals surface area contributed by atoms with E-state index in [0.717, 1.165) is 0 Å². The molecule has 0 radical (unpaired) electrons. The van der Waals surface area contributed by atoms with Crippen molar-refractivity contribution >= 4 is 11.9 Å². The van der Waals surface area contributed by atoms with Crippen LogP contribution in [0.5, 0.6) is 0 Å². The van der Waals surface area contributed by atoms with Crippen LogP contribution in [0.3, 0.4) is 0 Å². The molecule has 0 fully saturated rings. The molecule has 0 aromatic heterocycles. The first-order chi connectivity index (χ1) is 10.7. The number of nitrogens with one attached hydrogen (secondary N) is 2. The molecule has 0 saturated carbocycles. The van der Waals surface area contributed by atoms with Gasteiger partial charge in [-0.3, -0.25) is 9.59 Å². The number of ether oxygens (including phenoxy) is 2. The summed E-state index contributed by atoms with van der Waals surface area (Å²) < 4.78 is 10.3. The van der Waals surface area contributed by atoms with Gasteiger partial charge in [0.1, 0.15) is 23.5 Å². The maximum Gasteiger partial charge on any atom is 0.325 e. The van der Waals surface area contributed by atoms with Gasteiger partial charge in [0.05, 0.1) is 13.2 Å². The summed E-state index contributed by atoms with van der Waals surface area (Å²) in [6, 6.07) is 0. The minimum atomic E-state index is -1.34. The standard InChI is InChI=1S/C15H22N2O6/c1-15(2,3)23-10(18)6-16-13(20)11-12(19)8-7-22-5-4-9(8)17-14(11)21/h14,17,19,21H,4-7H2,1-3H3,(H,16,20). The summed E-state index contributed by atoms with van der Waals surface area (Å²) in [6.45, 7) is 5.42. The summed E-state index contributed by atoms with van der Waals surface area (Å²) in [6.07, 6.45) is -0.825. The van der Waals surface area contributed by atoms with Crippen LogP contribution in [0.4, 0.5) is 0 Å². The predicted molar refractivity (Wildman–Crippen MR) is 80.1 cm³/mol. The number of esters is 1. The van der Waals surface area contributed by atoms with Gasteiger partial charge >= 0.3 is 5.97 Å². The van der Waals surface area contributed by atoms with Crippen molar-refractivity contribution in [2.75, 3.05) is 19.8 Å². The third-order valence-corrected chi connectivity index (χ3v) is 3.29. The Balaban J connectivity index is 2.06. The number of carbonyl (C=O) groups is 2. The highest BCUT2D eigenvalue weighted by molar-refractivity contribution is 5.97. The van der Waals surface area contributed by atoms with Crippen molar-refractivity contribution in [3.63, 3.8) is 0 Å². The molecular weight excluding hydrogens is 304 g/mol. The maximum atomic E-state index is 12.2. The highest BCUT2D eigenvalue weighted by Crippen LogP contribution is 2.27. The lowest BCUT2D eigenvalue weighted by Crippen LogP contribution is -2.45. The highest BCUT2D eigenvalue weighted by atomic mass is 16.6. The average Bonchev–Trinajstić information content (AvgIpc) is 2.43. The zero-order valence-electron chi connectivity index (χ0n) is 13.4. The van der Waals surface area contributed by atoms with E-state index in [1.807, 2.05) is 0 Å². The summed E-state index contributed by atoms with van der Waals surface area (Å²) in [5.74, 6) is -1.66. The number of carbonyl (C=O) groups excluding carboxylic acids is 2. The van der Waals surface area contributed by atoms with Gasteiger partial charge in [0.2, 0.25) is 0 Å². The van der Waals surface area contributed by atoms with Crippen LogP contribution >= 0.6 is 0 Å². The van der Waals surface area contributed by atoms with Crippen LogP contribution < -0.4 is 10.6 Å². The number of hydrogen-bond donors (Lipinski definition) is 4. The fourth-order valence-electron chi connectivity index (χ4n) is 2.34. The van der Waals surface area contributed by atoms with Gasteiger partial charge in [-0.15, -0.1) is 0 Å². The first kappa shape index (κ1) is 17.3. The largest absolute Gasteiger partial charge is 0.507 e. The maximum absolute atomic E-state index is 12.2. The molecule has 128 valence electrons. The molecule has 2 aliphatic heterocycles. The molecule has 0 aromatic rings. The summed E-state index contributed by atoms with van der Waals surface area (Å²) >= 11 is 0. The Hall–Kier alpha value is -2.06. The fraction of sp³-hybridized carbons (Fsp3) is 0.600. The molecule has 1 unspecified atom stereocenters. The second-order valence-electron chi connectivity index (χ2n) is 6.34. The van der Waals surface area contributed by atoms with Crippen LogP contribution in [0.2, 0.25) is 0 Å². The van der Waals surface area contributed by atoms with Gasteiger partial charge in [-0.25, -0.2) is 0 Å². The third-order valence-electron chi connectivity index (χ3n) is 3.29. The van der Waals surface area contributed by atoms with E-state index in [4.69, 9.17) is 9.47 Å². The molecule has 0 aromatic carbocycles. The summed E-state index contributed by atoms with van der Waals surface area (Å²) in [5.41, 5.74) is 0.209. The lowest BCUT2D eigenvalue weighted by Gasteiger charge is -2.30. The molecule has 0 saturated heterocycles. The molecule has 1 atom stereocenters. The molecule has 0 aliphatic carbocycles. The summed E-state index contributed by atoms with van der Waals surface area (Å²) in [7, 11) is 0. The lowest BCUT2D eigenvalue weighted by molar-refractivity contribution is -0.154. The van der Waals surface area contributed by atoms with Gasteiger partial charge in [-0.05, 0) is 20.8 Å². The number of dihydropyridines is 1. The van der Waals surface area contributed by atoms with Gasteiger partial charge in [0, 0.05) is 17.7 Å². The molecule has 1 amide bonds. The third kappa shape index (κ3) is 4.23. The van der Waals surface area contributed by atoms with Crippen molar-refractivity contribution in [3.8, 4) is 0 Å². The molecule has 23 heavy (non-hydrogen) atoms.